The first kappa shape index (κ1) is 63.2. The van der Waals surface area contributed by atoms with E-state index in [4.69, 9.17) is 25.7 Å². The minimum Gasteiger partial charge on any atom is -0.463 e. The summed E-state index contributed by atoms with van der Waals surface area (Å²) in [6.07, 6.45) is 2.14. The topological polar surface area (TPSA) is 267 Å². The fourth-order valence-electron chi connectivity index (χ4n) is 9.10. The van der Waals surface area contributed by atoms with Gasteiger partial charge in [-0.3, -0.25) is 29.0 Å². The van der Waals surface area contributed by atoms with Gasteiger partial charge in [0.1, 0.15) is 36.4 Å². The van der Waals surface area contributed by atoms with Crippen LogP contribution in [0.4, 0.5) is 20.1 Å². The maximum absolute atomic E-state index is 15.2. The molecule has 76 heavy (non-hydrogen) atoms. The van der Waals surface area contributed by atoms with E-state index in [0.29, 0.717) is 11.1 Å². The van der Waals surface area contributed by atoms with Gasteiger partial charge in [0, 0.05) is 61.5 Å². The summed E-state index contributed by atoms with van der Waals surface area (Å²) in [6.45, 7) is 24.9. The van der Waals surface area contributed by atoms with Gasteiger partial charge in [-0.05, 0) is 94.0 Å². The number of fused-ring (bicyclic) bond motifs is 1. The molecule has 7 N–H and O–H groups in total. The average molecular weight is 1060 g/mol. The van der Waals surface area contributed by atoms with E-state index in [9.17, 15) is 33.6 Å². The number of alkyl carbamates (subject to hydrolysis) is 1. The highest BCUT2D eigenvalue weighted by atomic mass is 16.6. The number of nitrogens with zero attached hydrogens (tertiary/aromatic N) is 4. The normalized spacial score (nSPS) is 14.2. The second-order valence-electron chi connectivity index (χ2n) is 22.6. The molecule has 5 atom stereocenters. The number of esters is 1. The molecule has 0 aliphatic carbocycles. The average Bonchev–Trinajstić information content (AvgIpc) is 3.66. The highest BCUT2D eigenvalue weighted by Gasteiger charge is 2.47. The van der Waals surface area contributed by atoms with Gasteiger partial charge in [-0.1, -0.05) is 98.7 Å². The molecule has 20 heteroatoms. The number of ether oxygens (including phenoxy) is 3. The molecule has 2 aromatic carbocycles. The van der Waals surface area contributed by atoms with Crippen molar-refractivity contribution >= 4 is 64.4 Å². The second kappa shape index (κ2) is 26.6. The molecule has 0 aliphatic heterocycles. The number of aromatic nitrogens is 1. The first-order valence-corrected chi connectivity index (χ1v) is 25.8. The number of para-hydroxylation sites is 1. The van der Waals surface area contributed by atoms with E-state index < -0.39 is 100 Å². The third-order valence-corrected chi connectivity index (χ3v) is 13.1. The van der Waals surface area contributed by atoms with Gasteiger partial charge in [-0.25, -0.2) is 19.2 Å². The summed E-state index contributed by atoms with van der Waals surface area (Å²) in [5.41, 5.74) is 11.1. The van der Waals surface area contributed by atoms with Crippen molar-refractivity contribution < 1.29 is 52.6 Å². The highest BCUT2D eigenvalue weighted by molar-refractivity contribution is 6.04. The van der Waals surface area contributed by atoms with E-state index in [1.165, 1.54) is 21.7 Å². The second-order valence-corrected chi connectivity index (χ2v) is 22.6. The Morgan fingerprint density at radius 1 is 0.789 bits per heavy atom. The van der Waals surface area contributed by atoms with Gasteiger partial charge in [-0.2, -0.15) is 0 Å². The van der Waals surface area contributed by atoms with Crippen LogP contribution >= 0.6 is 0 Å². The van der Waals surface area contributed by atoms with Crippen LogP contribution in [0.25, 0.3) is 10.9 Å². The van der Waals surface area contributed by atoms with Crippen molar-refractivity contribution in [1.29, 1.82) is 0 Å². The molecular formula is C56H85N9O11. The fraction of sp³-hybridized carbons (Fsp3) is 0.571. The lowest BCUT2D eigenvalue weighted by molar-refractivity contribution is -0.142. The van der Waals surface area contributed by atoms with Gasteiger partial charge < -0.3 is 51.1 Å². The number of anilines is 1. The van der Waals surface area contributed by atoms with Crippen molar-refractivity contribution in [3.8, 4) is 0 Å². The third kappa shape index (κ3) is 16.7. The number of nitrogens with one attached hydrogen (secondary N) is 3. The van der Waals surface area contributed by atoms with E-state index in [2.05, 4.69) is 16.0 Å². The van der Waals surface area contributed by atoms with Crippen LogP contribution in [0.2, 0.25) is 0 Å². The highest BCUT2D eigenvalue weighted by Crippen LogP contribution is 2.37. The first-order chi connectivity index (χ1) is 35.2. The minimum absolute atomic E-state index is 0.0160. The SMILES string of the molecule is CCOC(=O)/C(C)=C/[C@H](C(C)C)N(C)C(=O)[C@@H](NC(=O)[C@@H](N(C)C(=O)OCc1ccc(N(C(=O)[C@@H](NC(=O)OC(C)(C)C)C(C)C)[C@@H](CCCNC(N)=O)C(N)=O)cc1)C(C)(C)c1cn(C)c2ccccc12)C(C)(C)C. The Morgan fingerprint density at radius 3 is 1.92 bits per heavy atom. The van der Waals surface area contributed by atoms with E-state index in [1.807, 2.05) is 90.5 Å². The number of rotatable bonds is 23. The molecule has 0 saturated heterocycles. The molecule has 0 spiro atoms. The number of nitrogens with two attached hydrogens (primary N) is 2. The quantitative estimate of drug-likeness (QED) is 0.0285. The number of hydrogen-bond acceptors (Lipinski definition) is 11. The van der Waals surface area contributed by atoms with Gasteiger partial charge in [-0.15, -0.1) is 0 Å². The summed E-state index contributed by atoms with van der Waals surface area (Å²) < 4.78 is 18.5. The van der Waals surface area contributed by atoms with Crippen LogP contribution in [0.15, 0.2) is 66.4 Å². The summed E-state index contributed by atoms with van der Waals surface area (Å²) in [7, 11) is 4.98. The smallest absolute Gasteiger partial charge is 0.410 e. The van der Waals surface area contributed by atoms with Crippen molar-refractivity contribution in [1.82, 2.24) is 30.3 Å². The van der Waals surface area contributed by atoms with Gasteiger partial charge in [0.25, 0.3) is 5.91 Å². The summed E-state index contributed by atoms with van der Waals surface area (Å²) in [5, 5.41) is 9.02. The molecule has 1 aromatic heterocycles. The molecule has 420 valence electrons. The molecule has 20 nitrogen and oxygen atoms in total. The Morgan fingerprint density at radius 2 is 1.39 bits per heavy atom. The maximum atomic E-state index is 15.2. The van der Waals surface area contributed by atoms with Gasteiger partial charge >= 0.3 is 24.2 Å². The fourth-order valence-corrected chi connectivity index (χ4v) is 9.10. The number of benzene rings is 2. The Labute approximate surface area is 448 Å². The molecule has 8 amide bonds. The van der Waals surface area contributed by atoms with Crippen LogP contribution in [-0.4, -0.2) is 125 Å². The molecule has 3 rings (SSSR count). The summed E-state index contributed by atoms with van der Waals surface area (Å²) in [4.78, 5) is 113. The van der Waals surface area contributed by atoms with Gasteiger partial charge in [0.2, 0.25) is 17.7 Å². The lowest BCUT2D eigenvalue weighted by Crippen LogP contribution is -2.63. The van der Waals surface area contributed by atoms with Crippen molar-refractivity contribution in [2.45, 2.75) is 158 Å². The Bertz CT molecular complexity index is 2570. The molecule has 0 saturated carbocycles. The number of carbonyl (C=O) groups excluding carboxylic acids is 8. The molecule has 0 aliphatic rings. The molecule has 0 unspecified atom stereocenters. The summed E-state index contributed by atoms with van der Waals surface area (Å²) >= 11 is 0. The number of likely N-dealkylation sites (N-methyl/N-ethyl adjacent to an activating group) is 2. The monoisotopic (exact) mass is 1060 g/mol. The standard InChI is InChI=1S/C56H85N9O11/c1-18-74-50(70)35(6)30-42(33(2)3)63(16)49(69)44(54(7,8)9)61-47(67)45(56(13,14)39-31-62(15)40-23-20-19-22-38(39)40)64(17)53(73)75-32-36-25-27-37(28-26-36)65(41(46(57)66)24-21-29-59-51(58)71)48(68)43(34(4)5)60-52(72)76-55(10,11)12/h19-20,22-23,25-28,30-31,33-34,41-45H,18,21,24,29,32H2,1-17H3,(H2,57,66)(H,60,72)(H,61,67)(H3,58,59,71)/b35-30+/t41-,42+,43-,44+,45+/m0/s1. The lowest BCUT2D eigenvalue weighted by Gasteiger charge is -2.42. The van der Waals surface area contributed by atoms with E-state index in [-0.39, 0.29) is 44.2 Å². The molecule has 1 heterocycles. The third-order valence-electron chi connectivity index (χ3n) is 13.1. The number of urea groups is 1. The number of amides is 8. The van der Waals surface area contributed by atoms with Crippen LogP contribution in [0.1, 0.15) is 121 Å². The predicted octanol–water partition coefficient (Wildman–Crippen LogP) is 6.80. The lowest BCUT2D eigenvalue weighted by atomic mass is 9.76. The van der Waals surface area contributed by atoms with Crippen molar-refractivity contribution in [2.24, 2.45) is 35.8 Å². The Hall–Kier alpha value is -7.12. The summed E-state index contributed by atoms with van der Waals surface area (Å²) in [6, 6.07) is 7.89. The van der Waals surface area contributed by atoms with Crippen LogP contribution < -0.4 is 32.3 Å². The van der Waals surface area contributed by atoms with Crippen LogP contribution in [0.3, 0.4) is 0 Å². The number of hydrogen-bond donors (Lipinski definition) is 5. The zero-order valence-corrected chi connectivity index (χ0v) is 47.8. The number of primary amides is 2. The number of carbonyl (C=O) groups is 8. The Balaban J connectivity index is 2.08. The van der Waals surface area contributed by atoms with Crippen LogP contribution in [-0.2, 0) is 57.3 Å². The van der Waals surface area contributed by atoms with Crippen LogP contribution in [0.5, 0.6) is 0 Å². The zero-order chi connectivity index (χ0) is 57.8. The number of aryl methyl sites for hydroxylation is 1. The minimum atomic E-state index is -1.27. The molecular weight excluding hydrogens is 975 g/mol. The van der Waals surface area contributed by atoms with Crippen molar-refractivity contribution in [3.63, 3.8) is 0 Å². The predicted molar refractivity (Wildman–Crippen MR) is 293 cm³/mol. The molecule has 3 aromatic rings. The van der Waals surface area contributed by atoms with Crippen molar-refractivity contribution in [3.05, 3.63) is 77.5 Å². The largest absolute Gasteiger partial charge is 0.463 e. The summed E-state index contributed by atoms with van der Waals surface area (Å²) in [5.74, 6) is -3.65. The van der Waals surface area contributed by atoms with Crippen molar-refractivity contribution in [2.75, 3.05) is 32.1 Å². The van der Waals surface area contributed by atoms with E-state index >= 15 is 4.79 Å². The molecule has 0 bridgehead atoms. The van der Waals surface area contributed by atoms with E-state index in [0.717, 1.165) is 16.5 Å². The van der Waals surface area contributed by atoms with Gasteiger partial charge in [0.15, 0.2) is 0 Å². The van der Waals surface area contributed by atoms with Crippen LogP contribution in [0, 0.1) is 17.3 Å². The molecule has 0 fully saturated rings. The maximum Gasteiger partial charge on any atom is 0.410 e. The zero-order valence-electron chi connectivity index (χ0n) is 47.8. The Kier molecular flexibility index (Phi) is 22.1. The molecule has 0 radical (unpaired) electrons. The van der Waals surface area contributed by atoms with E-state index in [1.54, 1.807) is 85.9 Å². The first-order valence-electron chi connectivity index (χ1n) is 25.8. The van der Waals surface area contributed by atoms with Gasteiger partial charge in [0.05, 0.1) is 12.6 Å².